The Labute approximate surface area is 197 Å². The van der Waals surface area contributed by atoms with E-state index < -0.39 is 0 Å². The van der Waals surface area contributed by atoms with Gasteiger partial charge in [-0.2, -0.15) is 0 Å². The quantitative estimate of drug-likeness (QED) is 0.425. The summed E-state index contributed by atoms with van der Waals surface area (Å²) in [6, 6.07) is 14.2. The second-order valence-electron chi connectivity index (χ2n) is 8.34. The third-order valence-electron chi connectivity index (χ3n) is 6.42. The maximum Gasteiger partial charge on any atom is 0.228 e. The van der Waals surface area contributed by atoms with Crippen molar-refractivity contribution in [2.45, 2.75) is 25.2 Å². The molecule has 4 aromatic rings. The van der Waals surface area contributed by atoms with E-state index in [1.807, 2.05) is 28.5 Å². The average molecular weight is 462 g/mol. The molecule has 0 spiro atoms. The van der Waals surface area contributed by atoms with Gasteiger partial charge in [0.05, 0.1) is 26.3 Å². The van der Waals surface area contributed by atoms with Gasteiger partial charge in [0, 0.05) is 41.1 Å². The van der Waals surface area contributed by atoms with Crippen LogP contribution in [0, 0.1) is 0 Å². The Kier molecular flexibility index (Phi) is 6.05. The number of nitrogens with one attached hydrogen (secondary N) is 1. The number of amides is 1. The zero-order valence-corrected chi connectivity index (χ0v) is 19.7. The fraction of sp³-hybridized carbons (Fsp3) is 0.308. The van der Waals surface area contributed by atoms with Crippen molar-refractivity contribution in [3.05, 3.63) is 65.3 Å². The number of fused-ring (bicyclic) bond motifs is 1. The Bertz CT molecular complexity index is 1270. The number of likely N-dealkylation sites (tertiary alicyclic amines) is 1. The molecule has 0 aliphatic carbocycles. The number of aromatic amines is 1. The van der Waals surface area contributed by atoms with E-state index in [1.165, 1.54) is 16.5 Å². The lowest BCUT2D eigenvalue weighted by atomic mass is 9.89. The number of H-pyrrole nitrogens is 1. The molecule has 1 fully saturated rings. The fourth-order valence-corrected chi connectivity index (χ4v) is 5.45. The van der Waals surface area contributed by atoms with E-state index in [9.17, 15) is 4.79 Å². The summed E-state index contributed by atoms with van der Waals surface area (Å²) < 4.78 is 10.7. The molecule has 5 rings (SSSR count). The predicted octanol–water partition coefficient (Wildman–Crippen LogP) is 5.26. The Morgan fingerprint density at radius 2 is 1.91 bits per heavy atom. The molecule has 0 radical (unpaired) electrons. The molecule has 1 N–H and O–H groups in total. The molecule has 2 aromatic carbocycles. The highest BCUT2D eigenvalue weighted by Crippen LogP contribution is 2.35. The van der Waals surface area contributed by atoms with Crippen LogP contribution >= 0.6 is 11.3 Å². The van der Waals surface area contributed by atoms with E-state index in [-0.39, 0.29) is 5.91 Å². The molecule has 0 saturated carbocycles. The summed E-state index contributed by atoms with van der Waals surface area (Å²) in [6.07, 6.45) is 4.45. The zero-order valence-electron chi connectivity index (χ0n) is 18.8. The van der Waals surface area contributed by atoms with Crippen molar-refractivity contribution in [1.29, 1.82) is 0 Å². The summed E-state index contributed by atoms with van der Waals surface area (Å²) in [6.45, 7) is 1.57. The molecule has 1 aliphatic rings. The lowest BCUT2D eigenvalue weighted by Crippen LogP contribution is -2.38. The Morgan fingerprint density at radius 1 is 1.12 bits per heavy atom. The molecule has 0 bridgehead atoms. The highest BCUT2D eigenvalue weighted by Gasteiger charge is 2.26. The molecular formula is C26H27N3O3S. The number of piperidine rings is 1. The Balaban J connectivity index is 1.21. The van der Waals surface area contributed by atoms with Crippen LogP contribution < -0.4 is 9.47 Å². The van der Waals surface area contributed by atoms with Crippen molar-refractivity contribution in [2.24, 2.45) is 0 Å². The second kappa shape index (κ2) is 9.27. The van der Waals surface area contributed by atoms with E-state index in [0.717, 1.165) is 42.2 Å². The highest BCUT2D eigenvalue weighted by molar-refractivity contribution is 7.13. The second-order valence-corrected chi connectivity index (χ2v) is 9.19. The highest BCUT2D eigenvalue weighted by atomic mass is 32.1. The average Bonchev–Trinajstić information content (AvgIpc) is 3.51. The summed E-state index contributed by atoms with van der Waals surface area (Å²) in [5.41, 5.74) is 4.32. The summed E-state index contributed by atoms with van der Waals surface area (Å²) in [4.78, 5) is 23.0. The van der Waals surface area contributed by atoms with Crippen molar-refractivity contribution in [3.8, 4) is 22.1 Å². The van der Waals surface area contributed by atoms with Gasteiger partial charge in [0.2, 0.25) is 5.91 Å². The molecule has 7 heteroatoms. The van der Waals surface area contributed by atoms with Crippen molar-refractivity contribution in [1.82, 2.24) is 14.9 Å². The van der Waals surface area contributed by atoms with Crippen molar-refractivity contribution in [3.63, 3.8) is 0 Å². The third-order valence-corrected chi connectivity index (χ3v) is 7.36. The molecule has 1 aliphatic heterocycles. The molecule has 0 atom stereocenters. The number of nitrogens with zero attached hydrogens (tertiary/aromatic N) is 2. The molecule has 1 saturated heterocycles. The number of hydrogen-bond acceptors (Lipinski definition) is 5. The molecule has 1 amide bonds. The molecule has 2 aromatic heterocycles. The summed E-state index contributed by atoms with van der Waals surface area (Å²) in [5.74, 6) is 1.99. The van der Waals surface area contributed by atoms with Crippen LogP contribution in [-0.4, -0.2) is 48.1 Å². The number of hydrogen-bond donors (Lipinski definition) is 1. The van der Waals surface area contributed by atoms with Crippen LogP contribution in [0.1, 0.15) is 30.0 Å². The van der Waals surface area contributed by atoms with E-state index >= 15 is 0 Å². The van der Waals surface area contributed by atoms with E-state index in [4.69, 9.17) is 14.5 Å². The van der Waals surface area contributed by atoms with Gasteiger partial charge in [-0.1, -0.05) is 18.2 Å². The first kappa shape index (κ1) is 21.5. The van der Waals surface area contributed by atoms with Crippen molar-refractivity contribution >= 4 is 28.1 Å². The third kappa shape index (κ3) is 4.33. The predicted molar refractivity (Wildman–Crippen MR) is 131 cm³/mol. The maximum absolute atomic E-state index is 13.0. The van der Waals surface area contributed by atoms with Crippen molar-refractivity contribution < 1.29 is 14.3 Å². The fourth-order valence-electron chi connectivity index (χ4n) is 4.63. The van der Waals surface area contributed by atoms with Crippen LogP contribution in [0.25, 0.3) is 21.5 Å². The van der Waals surface area contributed by atoms with Gasteiger partial charge >= 0.3 is 0 Å². The van der Waals surface area contributed by atoms with Gasteiger partial charge in [-0.3, -0.25) is 4.79 Å². The van der Waals surface area contributed by atoms with E-state index in [2.05, 4.69) is 35.4 Å². The largest absolute Gasteiger partial charge is 0.493 e. The zero-order chi connectivity index (χ0) is 22.8. The van der Waals surface area contributed by atoms with Crippen LogP contribution in [0.3, 0.4) is 0 Å². The number of aromatic nitrogens is 2. The van der Waals surface area contributed by atoms with Gasteiger partial charge < -0.3 is 19.4 Å². The number of rotatable bonds is 6. The first-order valence-corrected chi connectivity index (χ1v) is 12.0. The summed E-state index contributed by atoms with van der Waals surface area (Å²) >= 11 is 1.54. The van der Waals surface area contributed by atoms with Crippen LogP contribution in [0.15, 0.2) is 54.0 Å². The first-order valence-electron chi connectivity index (χ1n) is 11.2. The number of thiazole rings is 1. The molecule has 0 unspecified atom stereocenters. The topological polar surface area (TPSA) is 67.5 Å². The lowest BCUT2D eigenvalue weighted by Gasteiger charge is -2.32. The first-order chi connectivity index (χ1) is 16.2. The monoisotopic (exact) mass is 461 g/mol. The maximum atomic E-state index is 13.0. The van der Waals surface area contributed by atoms with E-state index in [1.54, 1.807) is 25.6 Å². The minimum atomic E-state index is 0.150. The minimum absolute atomic E-state index is 0.150. The Morgan fingerprint density at radius 3 is 2.70 bits per heavy atom. The number of carbonyl (C=O) groups excluding carboxylic acids is 1. The number of methoxy groups -OCH3 is 2. The molecule has 3 heterocycles. The SMILES string of the molecule is COc1ccc(-c2nc(CC(=O)N3CCC(c4c[nH]c5ccccc45)CC3)cs2)cc1OC. The van der Waals surface area contributed by atoms with Gasteiger partial charge in [0.25, 0.3) is 0 Å². The molecule has 33 heavy (non-hydrogen) atoms. The number of carbonyl (C=O) groups is 1. The van der Waals surface area contributed by atoms with E-state index in [0.29, 0.717) is 23.8 Å². The van der Waals surface area contributed by atoms with Crippen LogP contribution in [0.5, 0.6) is 11.5 Å². The molecule has 6 nitrogen and oxygen atoms in total. The summed E-state index contributed by atoms with van der Waals surface area (Å²) in [5, 5.41) is 4.15. The number of benzene rings is 2. The van der Waals surface area contributed by atoms with Gasteiger partial charge in [0.15, 0.2) is 11.5 Å². The lowest BCUT2D eigenvalue weighted by molar-refractivity contribution is -0.131. The smallest absolute Gasteiger partial charge is 0.228 e. The standard InChI is InChI=1S/C26H27N3O3S/c1-31-23-8-7-18(13-24(23)32-2)26-28-19(16-33-26)14-25(30)29-11-9-17(10-12-29)21-15-27-22-6-4-3-5-20(21)22/h3-8,13,15-17,27H,9-12,14H2,1-2H3. The van der Waals surface area contributed by atoms with Gasteiger partial charge in [0.1, 0.15) is 5.01 Å². The van der Waals surface area contributed by atoms with Gasteiger partial charge in [-0.25, -0.2) is 4.98 Å². The summed E-state index contributed by atoms with van der Waals surface area (Å²) in [7, 11) is 3.24. The Hall–Kier alpha value is -3.32. The van der Waals surface area contributed by atoms with Gasteiger partial charge in [-0.05, 0) is 48.6 Å². The minimum Gasteiger partial charge on any atom is -0.493 e. The number of ether oxygens (including phenoxy) is 2. The molecule has 170 valence electrons. The normalized spacial score (nSPS) is 14.5. The van der Waals surface area contributed by atoms with Crippen molar-refractivity contribution in [2.75, 3.05) is 27.3 Å². The molecular weight excluding hydrogens is 434 g/mol. The number of para-hydroxylation sites is 1. The van der Waals surface area contributed by atoms with Crippen LogP contribution in [0.4, 0.5) is 0 Å². The van der Waals surface area contributed by atoms with Gasteiger partial charge in [-0.15, -0.1) is 11.3 Å². The van der Waals surface area contributed by atoms with Crippen LogP contribution in [-0.2, 0) is 11.2 Å². The van der Waals surface area contributed by atoms with Crippen LogP contribution in [0.2, 0.25) is 0 Å².